The van der Waals surface area contributed by atoms with E-state index in [9.17, 15) is 13.2 Å². The van der Waals surface area contributed by atoms with Gasteiger partial charge in [-0.25, -0.2) is 0 Å². The molecule has 0 radical (unpaired) electrons. The molecule has 1 heterocycles. The van der Waals surface area contributed by atoms with Crippen molar-refractivity contribution in [3.05, 3.63) is 45.1 Å². The van der Waals surface area contributed by atoms with Crippen LogP contribution in [0.15, 0.2) is 39.5 Å². The highest BCUT2D eigenvalue weighted by Gasteiger charge is 2.31. The van der Waals surface area contributed by atoms with Gasteiger partial charge in [0.1, 0.15) is 0 Å². The molecular formula is C12H8Br2F3N3. The second-order valence-corrected chi connectivity index (χ2v) is 5.61. The maximum absolute atomic E-state index is 12.7. The van der Waals surface area contributed by atoms with Crippen LogP contribution >= 0.6 is 31.9 Å². The van der Waals surface area contributed by atoms with Crippen LogP contribution in [0.1, 0.15) is 5.56 Å². The number of nitrogens with one attached hydrogen (secondary N) is 1. The molecule has 0 aliphatic rings. The van der Waals surface area contributed by atoms with Gasteiger partial charge in [0, 0.05) is 10.7 Å². The van der Waals surface area contributed by atoms with Crippen molar-refractivity contribution in [1.82, 2.24) is 4.98 Å². The summed E-state index contributed by atoms with van der Waals surface area (Å²) in [5.74, 6) is 0. The van der Waals surface area contributed by atoms with E-state index in [4.69, 9.17) is 5.73 Å². The van der Waals surface area contributed by atoms with E-state index in [0.29, 0.717) is 20.3 Å². The maximum atomic E-state index is 12.7. The van der Waals surface area contributed by atoms with Crippen LogP contribution in [0.5, 0.6) is 0 Å². The van der Waals surface area contributed by atoms with Crippen molar-refractivity contribution >= 4 is 48.9 Å². The molecule has 0 spiro atoms. The third-order valence-corrected chi connectivity index (χ3v) is 3.78. The fourth-order valence-corrected chi connectivity index (χ4v) is 2.31. The van der Waals surface area contributed by atoms with Crippen LogP contribution in [-0.2, 0) is 6.18 Å². The molecular weight excluding hydrogens is 403 g/mol. The number of nitrogens with two attached hydrogens (primary N) is 1. The number of benzene rings is 1. The maximum Gasteiger partial charge on any atom is 0.416 e. The average molecular weight is 411 g/mol. The van der Waals surface area contributed by atoms with Gasteiger partial charge in [0.15, 0.2) is 0 Å². The SMILES string of the molecule is Nc1cncc(Br)c1Nc1cc(C(F)(F)F)ccc1Br. The molecule has 20 heavy (non-hydrogen) atoms. The van der Waals surface area contributed by atoms with Crippen molar-refractivity contribution in [1.29, 1.82) is 0 Å². The van der Waals surface area contributed by atoms with E-state index in [0.717, 1.165) is 12.1 Å². The summed E-state index contributed by atoms with van der Waals surface area (Å²) in [6, 6.07) is 3.34. The summed E-state index contributed by atoms with van der Waals surface area (Å²) >= 11 is 6.45. The first-order chi connectivity index (χ1) is 9.29. The van der Waals surface area contributed by atoms with E-state index >= 15 is 0 Å². The van der Waals surface area contributed by atoms with E-state index < -0.39 is 11.7 Å². The molecule has 2 aromatic rings. The third-order valence-electron chi connectivity index (χ3n) is 2.48. The van der Waals surface area contributed by atoms with Crippen molar-refractivity contribution in [3.8, 4) is 0 Å². The van der Waals surface area contributed by atoms with Gasteiger partial charge in [-0.05, 0) is 50.1 Å². The van der Waals surface area contributed by atoms with E-state index in [1.165, 1.54) is 18.5 Å². The Kier molecular flexibility index (Phi) is 4.24. The van der Waals surface area contributed by atoms with Crippen LogP contribution in [0.2, 0.25) is 0 Å². The molecule has 0 saturated carbocycles. The van der Waals surface area contributed by atoms with Crippen molar-refractivity contribution in [3.63, 3.8) is 0 Å². The summed E-state index contributed by atoms with van der Waals surface area (Å²) < 4.78 is 39.2. The lowest BCUT2D eigenvalue weighted by Gasteiger charge is -2.14. The van der Waals surface area contributed by atoms with Gasteiger partial charge in [-0.1, -0.05) is 0 Å². The van der Waals surface area contributed by atoms with Crippen molar-refractivity contribution < 1.29 is 13.2 Å². The second kappa shape index (κ2) is 5.61. The second-order valence-electron chi connectivity index (χ2n) is 3.90. The Morgan fingerprint density at radius 3 is 2.40 bits per heavy atom. The fourth-order valence-electron chi connectivity index (χ4n) is 1.51. The Labute approximate surface area is 129 Å². The lowest BCUT2D eigenvalue weighted by Crippen LogP contribution is -2.06. The molecule has 0 aliphatic heterocycles. The number of nitrogen functional groups attached to an aromatic ring is 1. The Hall–Kier alpha value is -1.28. The minimum absolute atomic E-state index is 0.262. The van der Waals surface area contributed by atoms with Crippen molar-refractivity contribution in [2.45, 2.75) is 6.18 Å². The quantitative estimate of drug-likeness (QED) is 0.736. The number of aromatic nitrogens is 1. The zero-order valence-corrected chi connectivity index (χ0v) is 13.0. The number of alkyl halides is 3. The molecule has 3 nitrogen and oxygen atoms in total. The molecule has 0 unspecified atom stereocenters. The Morgan fingerprint density at radius 1 is 1.10 bits per heavy atom. The van der Waals surface area contributed by atoms with E-state index in [-0.39, 0.29) is 5.69 Å². The molecule has 0 aliphatic carbocycles. The number of hydrogen-bond acceptors (Lipinski definition) is 3. The smallest absolute Gasteiger partial charge is 0.396 e. The molecule has 0 atom stereocenters. The minimum Gasteiger partial charge on any atom is -0.396 e. The summed E-state index contributed by atoms with van der Waals surface area (Å²) in [6.45, 7) is 0. The number of halogens is 5. The zero-order valence-electron chi connectivity index (χ0n) is 9.80. The molecule has 106 valence electrons. The lowest BCUT2D eigenvalue weighted by atomic mass is 10.2. The molecule has 8 heteroatoms. The Morgan fingerprint density at radius 2 is 1.80 bits per heavy atom. The molecule has 0 amide bonds. The lowest BCUT2D eigenvalue weighted by molar-refractivity contribution is -0.137. The van der Waals surface area contributed by atoms with E-state index in [1.807, 2.05) is 0 Å². The third kappa shape index (κ3) is 3.24. The number of rotatable bonds is 2. The van der Waals surface area contributed by atoms with Crippen molar-refractivity contribution in [2.24, 2.45) is 0 Å². The highest BCUT2D eigenvalue weighted by molar-refractivity contribution is 9.11. The number of anilines is 3. The molecule has 1 aromatic carbocycles. The van der Waals surface area contributed by atoms with Crippen LogP contribution in [0, 0.1) is 0 Å². The Balaban J connectivity index is 2.43. The largest absolute Gasteiger partial charge is 0.416 e. The van der Waals surface area contributed by atoms with E-state index in [2.05, 4.69) is 42.2 Å². The predicted octanol–water partition coefficient (Wildman–Crippen LogP) is 4.95. The van der Waals surface area contributed by atoms with Gasteiger partial charge in [-0.15, -0.1) is 0 Å². The van der Waals surface area contributed by atoms with E-state index in [1.54, 1.807) is 0 Å². The van der Waals surface area contributed by atoms with Gasteiger partial charge in [0.25, 0.3) is 0 Å². The first-order valence-electron chi connectivity index (χ1n) is 5.32. The highest BCUT2D eigenvalue weighted by Crippen LogP contribution is 2.37. The van der Waals surface area contributed by atoms with Gasteiger partial charge in [0.2, 0.25) is 0 Å². The van der Waals surface area contributed by atoms with Crippen LogP contribution in [-0.4, -0.2) is 4.98 Å². The zero-order chi connectivity index (χ0) is 14.9. The predicted molar refractivity (Wildman–Crippen MR) is 78.8 cm³/mol. The van der Waals surface area contributed by atoms with Gasteiger partial charge in [-0.3, -0.25) is 4.98 Å². The summed E-state index contributed by atoms with van der Waals surface area (Å²) in [4.78, 5) is 3.86. The van der Waals surface area contributed by atoms with Crippen LogP contribution < -0.4 is 11.1 Å². The number of pyridine rings is 1. The molecule has 0 bridgehead atoms. The summed E-state index contributed by atoms with van der Waals surface area (Å²) in [5, 5.41) is 2.86. The molecule has 3 N–H and O–H groups in total. The first-order valence-corrected chi connectivity index (χ1v) is 6.90. The normalized spacial score (nSPS) is 11.4. The van der Waals surface area contributed by atoms with Gasteiger partial charge in [0.05, 0.1) is 33.3 Å². The molecule has 1 aromatic heterocycles. The topological polar surface area (TPSA) is 50.9 Å². The Bertz CT molecular complexity index is 624. The number of nitrogens with zero attached hydrogens (tertiary/aromatic N) is 1. The molecule has 0 saturated heterocycles. The van der Waals surface area contributed by atoms with Crippen LogP contribution in [0.4, 0.5) is 30.2 Å². The molecule has 2 rings (SSSR count). The first kappa shape index (κ1) is 15.1. The minimum atomic E-state index is -4.40. The fraction of sp³-hybridized carbons (Fsp3) is 0.0833. The van der Waals surface area contributed by atoms with Gasteiger partial charge >= 0.3 is 6.18 Å². The van der Waals surface area contributed by atoms with Crippen LogP contribution in [0.3, 0.4) is 0 Å². The van der Waals surface area contributed by atoms with Gasteiger partial charge in [-0.2, -0.15) is 13.2 Å². The number of hydrogen-bond donors (Lipinski definition) is 2. The summed E-state index contributed by atoms with van der Waals surface area (Å²) in [6.07, 6.45) is -1.49. The van der Waals surface area contributed by atoms with Crippen molar-refractivity contribution in [2.75, 3.05) is 11.1 Å². The van der Waals surface area contributed by atoms with Crippen LogP contribution in [0.25, 0.3) is 0 Å². The molecule has 0 fully saturated rings. The summed E-state index contributed by atoms with van der Waals surface area (Å²) in [5.41, 5.74) is 6.05. The van der Waals surface area contributed by atoms with Gasteiger partial charge < -0.3 is 11.1 Å². The highest BCUT2D eigenvalue weighted by atomic mass is 79.9. The summed E-state index contributed by atoms with van der Waals surface area (Å²) in [7, 11) is 0. The monoisotopic (exact) mass is 409 g/mol. The standard InChI is InChI=1S/C12H8Br2F3N3/c13-7-2-1-6(12(15,16)17)3-10(7)20-11-8(14)4-19-5-9(11)18/h1-5H,18H2,(H,19,20). The average Bonchev–Trinajstić information content (AvgIpc) is 2.34.